The topological polar surface area (TPSA) is 52.6 Å². The minimum absolute atomic E-state index is 0.0561. The largest absolute Gasteiger partial charge is 0.391 e. The first-order valence-electron chi connectivity index (χ1n) is 7.79. The molecular formula is C15H26N2O2. The third-order valence-electron chi connectivity index (χ3n) is 5.63. The molecule has 4 heteroatoms. The molecule has 1 spiro atoms. The van der Waals surface area contributed by atoms with Crippen LogP contribution in [0.5, 0.6) is 0 Å². The van der Waals surface area contributed by atoms with E-state index >= 15 is 0 Å². The van der Waals surface area contributed by atoms with Gasteiger partial charge in [0, 0.05) is 13.0 Å². The molecule has 3 unspecified atom stereocenters. The highest BCUT2D eigenvalue weighted by Gasteiger charge is 2.58. The van der Waals surface area contributed by atoms with Gasteiger partial charge in [-0.3, -0.25) is 4.79 Å². The molecule has 108 valence electrons. The average Bonchev–Trinajstić information content (AvgIpc) is 3.12. The van der Waals surface area contributed by atoms with Gasteiger partial charge < -0.3 is 15.3 Å². The lowest BCUT2D eigenvalue weighted by Gasteiger charge is -2.36. The summed E-state index contributed by atoms with van der Waals surface area (Å²) in [5.41, 5.74) is 0.302. The summed E-state index contributed by atoms with van der Waals surface area (Å²) in [4.78, 5) is 14.5. The fourth-order valence-electron chi connectivity index (χ4n) is 4.13. The molecule has 1 heterocycles. The van der Waals surface area contributed by atoms with Gasteiger partial charge in [0.1, 0.15) is 0 Å². The van der Waals surface area contributed by atoms with Gasteiger partial charge in [-0.25, -0.2) is 0 Å². The van der Waals surface area contributed by atoms with E-state index < -0.39 is 0 Å². The van der Waals surface area contributed by atoms with Crippen molar-refractivity contribution in [3.05, 3.63) is 0 Å². The quantitative estimate of drug-likeness (QED) is 0.788. The van der Waals surface area contributed by atoms with Crippen molar-refractivity contribution in [2.45, 2.75) is 57.1 Å². The maximum atomic E-state index is 12.6. The highest BCUT2D eigenvalue weighted by molar-refractivity contribution is 5.83. The van der Waals surface area contributed by atoms with Crippen LogP contribution in [-0.2, 0) is 4.79 Å². The number of nitrogens with one attached hydrogen (secondary N) is 1. The lowest BCUT2D eigenvalue weighted by Crippen LogP contribution is -2.47. The Kier molecular flexibility index (Phi) is 3.56. The number of hydrogen-bond acceptors (Lipinski definition) is 3. The average molecular weight is 266 g/mol. The maximum Gasteiger partial charge on any atom is 0.226 e. The smallest absolute Gasteiger partial charge is 0.226 e. The third kappa shape index (κ3) is 2.40. The normalized spacial score (nSPS) is 37.1. The Morgan fingerprint density at radius 1 is 1.26 bits per heavy atom. The fourth-order valence-corrected chi connectivity index (χ4v) is 4.13. The summed E-state index contributed by atoms with van der Waals surface area (Å²) in [6, 6.07) is 0.0561. The summed E-state index contributed by atoms with van der Waals surface area (Å²) < 4.78 is 0. The van der Waals surface area contributed by atoms with Crippen LogP contribution in [-0.4, -0.2) is 48.2 Å². The van der Waals surface area contributed by atoms with E-state index in [1.54, 1.807) is 0 Å². The van der Waals surface area contributed by atoms with Crippen molar-refractivity contribution in [2.24, 2.45) is 11.3 Å². The molecule has 1 amide bonds. The molecule has 2 aliphatic carbocycles. The SMILES string of the molecule is CN(C(=O)C1CC12CCNCC2)C1CCCCC1O. The number of rotatable bonds is 2. The fraction of sp³-hybridized carbons (Fsp3) is 0.933. The minimum atomic E-state index is -0.314. The van der Waals surface area contributed by atoms with E-state index in [-0.39, 0.29) is 24.0 Å². The van der Waals surface area contributed by atoms with Gasteiger partial charge in [-0.1, -0.05) is 12.8 Å². The van der Waals surface area contributed by atoms with E-state index in [9.17, 15) is 9.90 Å². The zero-order chi connectivity index (χ0) is 13.5. The summed E-state index contributed by atoms with van der Waals surface area (Å²) in [6.45, 7) is 2.11. The third-order valence-corrected chi connectivity index (χ3v) is 5.63. The van der Waals surface area contributed by atoms with Gasteiger partial charge in [0.2, 0.25) is 5.91 Å². The predicted octanol–water partition coefficient (Wildman–Crippen LogP) is 1.14. The first-order chi connectivity index (χ1) is 9.14. The number of carbonyl (C=O) groups is 1. The van der Waals surface area contributed by atoms with Gasteiger partial charge in [-0.2, -0.15) is 0 Å². The van der Waals surface area contributed by atoms with Gasteiger partial charge in [0.25, 0.3) is 0 Å². The van der Waals surface area contributed by atoms with Crippen LogP contribution in [0.15, 0.2) is 0 Å². The number of hydrogen-bond donors (Lipinski definition) is 2. The minimum Gasteiger partial charge on any atom is -0.391 e. The number of likely N-dealkylation sites (N-methyl/N-ethyl adjacent to an activating group) is 1. The number of carbonyl (C=O) groups excluding carboxylic acids is 1. The highest BCUT2D eigenvalue weighted by atomic mass is 16.3. The summed E-state index contributed by atoms with van der Waals surface area (Å²) >= 11 is 0. The molecule has 3 fully saturated rings. The van der Waals surface area contributed by atoms with Crippen LogP contribution in [0.25, 0.3) is 0 Å². The van der Waals surface area contributed by atoms with Gasteiger partial charge in [0.05, 0.1) is 12.1 Å². The van der Waals surface area contributed by atoms with Crippen molar-refractivity contribution >= 4 is 5.91 Å². The zero-order valence-electron chi connectivity index (χ0n) is 11.9. The molecule has 3 rings (SSSR count). The molecular weight excluding hydrogens is 240 g/mol. The Morgan fingerprint density at radius 2 is 1.95 bits per heavy atom. The lowest BCUT2D eigenvalue weighted by atomic mass is 9.89. The molecule has 1 aliphatic heterocycles. The van der Waals surface area contributed by atoms with E-state index in [1.165, 1.54) is 0 Å². The van der Waals surface area contributed by atoms with Crippen molar-refractivity contribution in [3.63, 3.8) is 0 Å². The van der Waals surface area contributed by atoms with E-state index in [0.717, 1.165) is 58.0 Å². The summed E-state index contributed by atoms with van der Waals surface area (Å²) in [6.07, 6.45) is 7.09. The van der Waals surface area contributed by atoms with Crippen LogP contribution in [0.2, 0.25) is 0 Å². The molecule has 4 nitrogen and oxygen atoms in total. The zero-order valence-corrected chi connectivity index (χ0v) is 11.9. The Hall–Kier alpha value is -0.610. The standard InChI is InChI=1S/C15H26N2O2/c1-17(12-4-2-3-5-13(12)18)14(19)11-10-15(11)6-8-16-9-7-15/h11-13,16,18H,2-10H2,1H3. The van der Waals surface area contributed by atoms with Crippen LogP contribution in [0, 0.1) is 11.3 Å². The molecule has 19 heavy (non-hydrogen) atoms. The van der Waals surface area contributed by atoms with Gasteiger partial charge >= 0.3 is 0 Å². The van der Waals surface area contributed by atoms with E-state index in [1.807, 2.05) is 11.9 Å². The Labute approximate surface area is 115 Å². The van der Waals surface area contributed by atoms with E-state index in [4.69, 9.17) is 0 Å². The molecule has 0 aromatic rings. The molecule has 3 aliphatic rings. The molecule has 1 saturated heterocycles. The van der Waals surface area contributed by atoms with Crippen LogP contribution in [0.1, 0.15) is 44.9 Å². The second-order valence-corrected chi connectivity index (χ2v) is 6.74. The number of piperidine rings is 1. The van der Waals surface area contributed by atoms with Crippen molar-refractivity contribution in [2.75, 3.05) is 20.1 Å². The van der Waals surface area contributed by atoms with Crippen molar-refractivity contribution in [3.8, 4) is 0 Å². The second kappa shape index (κ2) is 5.06. The monoisotopic (exact) mass is 266 g/mol. The van der Waals surface area contributed by atoms with Crippen molar-refractivity contribution < 1.29 is 9.90 Å². The predicted molar refractivity (Wildman–Crippen MR) is 73.7 cm³/mol. The second-order valence-electron chi connectivity index (χ2n) is 6.74. The molecule has 2 N–H and O–H groups in total. The van der Waals surface area contributed by atoms with Gasteiger partial charge in [0.15, 0.2) is 0 Å². The molecule has 0 bridgehead atoms. The molecule has 2 saturated carbocycles. The van der Waals surface area contributed by atoms with Crippen molar-refractivity contribution in [1.82, 2.24) is 10.2 Å². The molecule has 3 atom stereocenters. The van der Waals surface area contributed by atoms with Crippen molar-refractivity contribution in [1.29, 1.82) is 0 Å². The van der Waals surface area contributed by atoms with Crippen LogP contribution in [0.4, 0.5) is 0 Å². The lowest BCUT2D eigenvalue weighted by molar-refractivity contribution is -0.137. The van der Waals surface area contributed by atoms with E-state index in [2.05, 4.69) is 5.32 Å². The van der Waals surface area contributed by atoms with Crippen LogP contribution >= 0.6 is 0 Å². The van der Waals surface area contributed by atoms with Crippen LogP contribution < -0.4 is 5.32 Å². The number of nitrogens with zero attached hydrogens (tertiary/aromatic N) is 1. The number of amides is 1. The summed E-state index contributed by atoms with van der Waals surface area (Å²) in [7, 11) is 1.90. The highest BCUT2D eigenvalue weighted by Crippen LogP contribution is 2.59. The molecule has 0 aromatic carbocycles. The Balaban J connectivity index is 1.61. The Bertz CT molecular complexity index is 352. The van der Waals surface area contributed by atoms with Crippen LogP contribution in [0.3, 0.4) is 0 Å². The van der Waals surface area contributed by atoms with Gasteiger partial charge in [-0.15, -0.1) is 0 Å². The van der Waals surface area contributed by atoms with E-state index in [0.29, 0.717) is 5.41 Å². The Morgan fingerprint density at radius 3 is 2.63 bits per heavy atom. The first kappa shape index (κ1) is 13.4. The molecule has 0 aromatic heterocycles. The summed E-state index contributed by atoms with van der Waals surface area (Å²) in [5, 5.41) is 13.5. The molecule has 0 radical (unpaired) electrons. The number of aliphatic hydroxyl groups excluding tert-OH is 1. The maximum absolute atomic E-state index is 12.6. The summed E-state index contributed by atoms with van der Waals surface area (Å²) in [5.74, 6) is 0.515. The van der Waals surface area contributed by atoms with Gasteiger partial charge in [-0.05, 0) is 50.6 Å². The number of aliphatic hydroxyl groups is 1. The first-order valence-corrected chi connectivity index (χ1v) is 7.79.